The first-order valence-electron chi connectivity index (χ1n) is 58.0. The van der Waals surface area contributed by atoms with Crippen LogP contribution >= 0.6 is 0 Å². The Balaban J connectivity index is 0.871. The summed E-state index contributed by atoms with van der Waals surface area (Å²) in [4.78, 5) is 0. The van der Waals surface area contributed by atoms with Gasteiger partial charge in [0.15, 0.2) is 56.3 Å². The van der Waals surface area contributed by atoms with Crippen molar-refractivity contribution in [2.24, 2.45) is 47.3 Å². The van der Waals surface area contributed by atoms with Gasteiger partial charge in [-0.3, -0.25) is 0 Å². The van der Waals surface area contributed by atoms with E-state index in [9.17, 15) is 0 Å². The maximum Gasteiger partial charge on any atom is 0.358 e. The van der Waals surface area contributed by atoms with E-state index in [0.717, 1.165) is 250 Å². The summed E-state index contributed by atoms with van der Waals surface area (Å²) in [5, 5.41) is 0. The minimum atomic E-state index is -3.33. The van der Waals surface area contributed by atoms with E-state index in [1.807, 2.05) is 0 Å². The van der Waals surface area contributed by atoms with E-state index < -0.39 is 90.8 Å². The zero-order valence-corrected chi connectivity index (χ0v) is 101. The molecule has 6 unspecified atom stereocenters. The number of unbranched alkanes of at least 4 members (excludes halogenated alkanes) is 30. The van der Waals surface area contributed by atoms with Gasteiger partial charge in [0.25, 0.3) is 0 Å². The molecule has 0 N–H and O–H groups in total. The van der Waals surface area contributed by atoms with Crippen molar-refractivity contribution in [2.75, 3.05) is 26.4 Å². The number of hydrogen-bond donors (Lipinski definition) is 0. The topological polar surface area (TPSA) is 111 Å². The quantitative estimate of drug-likeness (QED) is 0.0238. The van der Waals surface area contributed by atoms with Gasteiger partial charge >= 0.3 is 34.2 Å². The van der Waals surface area contributed by atoms with Crippen LogP contribution in [0.3, 0.4) is 0 Å². The summed E-state index contributed by atoms with van der Waals surface area (Å²) < 4.78 is 147. The minimum absolute atomic E-state index is 0.00852. The zero-order chi connectivity index (χ0) is 102. The van der Waals surface area contributed by atoms with Crippen LogP contribution in [0.15, 0.2) is 72.8 Å². The van der Waals surface area contributed by atoms with Gasteiger partial charge in [-0.2, -0.15) is 17.6 Å². The molecule has 0 aliphatic heterocycles. The van der Waals surface area contributed by atoms with Gasteiger partial charge in [-0.25, -0.2) is 0 Å². The van der Waals surface area contributed by atoms with Crippen LogP contribution in [0.1, 0.15) is 387 Å². The van der Waals surface area contributed by atoms with Gasteiger partial charge in [-0.05, 0) is 316 Å². The predicted molar refractivity (Wildman–Crippen MR) is 601 cm³/mol. The molecular weight excluding hydrogens is 1890 g/mol. The van der Waals surface area contributed by atoms with Crippen LogP contribution in [0.2, 0.25) is 117 Å². The molecule has 0 spiro atoms. The lowest BCUT2D eigenvalue weighted by Gasteiger charge is -2.46. The number of benzene rings is 4. The van der Waals surface area contributed by atoms with Gasteiger partial charge < -0.3 is 53.1 Å². The van der Waals surface area contributed by atoms with E-state index in [0.29, 0.717) is 38.3 Å². The fourth-order valence-corrected chi connectivity index (χ4v) is 60.6. The van der Waals surface area contributed by atoms with Crippen molar-refractivity contribution in [1.29, 1.82) is 0 Å². The molecule has 4 aromatic rings. The first kappa shape index (κ1) is 122. The van der Waals surface area contributed by atoms with Crippen LogP contribution in [0.4, 0.5) is 17.6 Å². The zero-order valence-electron chi connectivity index (χ0n) is 93.0. The molecule has 24 heteroatoms. The highest BCUT2D eigenvalue weighted by molar-refractivity contribution is 6.91. The van der Waals surface area contributed by atoms with Crippen molar-refractivity contribution in [1.82, 2.24) is 0 Å². The van der Waals surface area contributed by atoms with Crippen molar-refractivity contribution in [3.63, 3.8) is 0 Å². The first-order chi connectivity index (χ1) is 66.8. The van der Waals surface area contributed by atoms with E-state index in [1.54, 1.807) is 24.3 Å². The average Bonchev–Trinajstić information content (AvgIpc) is 0.774. The Morgan fingerprint density at radius 2 is 0.500 bits per heavy atom. The Labute approximate surface area is 863 Å². The second-order valence-electron chi connectivity index (χ2n) is 48.4. The van der Waals surface area contributed by atoms with Crippen molar-refractivity contribution in [3.8, 4) is 45.6 Å². The van der Waals surface area contributed by atoms with Crippen LogP contribution < -0.4 is 28.4 Å². The normalized spacial score (nSPS) is 21.3. The largest absolute Gasteiger partial charge is 0.490 e. The van der Waals surface area contributed by atoms with Crippen molar-refractivity contribution in [2.45, 2.75) is 516 Å². The van der Waals surface area contributed by atoms with Crippen LogP contribution in [-0.2, 0) is 24.7 Å². The number of ether oxygens (including phenoxy) is 6. The third kappa shape index (κ3) is 46.2. The lowest BCUT2D eigenvalue weighted by atomic mass is 9.69. The second-order valence-corrected chi connectivity index (χ2v) is 81.0. The Kier molecular flexibility index (Phi) is 55.6. The fraction of sp³-hybridized carbons (Fsp3) is 0.793. The molecule has 0 aromatic heterocycles. The predicted octanol–water partition coefficient (Wildman–Crippen LogP) is 38.0. The molecule has 0 amide bonds. The molecule has 0 bridgehead atoms. The molecule has 4 saturated carbocycles. The number of rotatable bonds is 75. The fourth-order valence-electron chi connectivity index (χ4n) is 23.8. The highest BCUT2D eigenvalue weighted by Gasteiger charge is 2.55. The Hall–Kier alpha value is -3.10. The summed E-state index contributed by atoms with van der Waals surface area (Å²) in [6.07, 6.45) is 65.8. The summed E-state index contributed by atoms with van der Waals surface area (Å²) >= 11 is 0. The van der Waals surface area contributed by atoms with Crippen molar-refractivity contribution < 1.29 is 70.7 Å². The molecule has 4 aliphatic carbocycles. The van der Waals surface area contributed by atoms with E-state index in [4.69, 9.17) is 53.1 Å². The molecule has 6 atom stereocenters. The Morgan fingerprint density at radius 3 is 0.779 bits per heavy atom. The maximum absolute atomic E-state index is 15.4. The van der Waals surface area contributed by atoms with E-state index >= 15 is 17.6 Å². The molecule has 0 heterocycles. The summed E-state index contributed by atoms with van der Waals surface area (Å²) in [5.74, 6) is 3.71. The summed E-state index contributed by atoms with van der Waals surface area (Å²) in [7, 11) is -21.5. The van der Waals surface area contributed by atoms with Gasteiger partial charge in [0.1, 0.15) is 23.0 Å². The molecule has 8 rings (SSSR count). The molecular formula is C116H206F4O12Si8. The highest BCUT2D eigenvalue weighted by Crippen LogP contribution is 2.48. The standard InChI is InChI=1S/C116H206F4O12Si8/c1-21-25-27-29-31-39-45-51-67-111(139(19,129-135(11,12)13)131-137(17,127-133(5,6)7)91-59-49-43-37-33-35-41-47-57-89-121-107-85-87-109(115(119)113(107)117)123-93-97-73-81-101(82-74-97)99-77-69-95(61-23-3)70-78-99)125-105-65-55-53-63-103(105)104-64-54-56-66-106(104)126-112(68-52-46-40-32-30-28-26-22-2)140(20,130-136(14,15)16)132-138(18,128-134(8,9)10)92-60-50-44-38-34-36-42-48-58-90-122-108-86-88-110(116(120)114(108)118)124-94-98-75-83-102(84-76-98)100-79-71-96(62-24-4)72-80-100/h53-56,63-66,85-88,95-102,111-112H,21-52,57-62,67-84,89-94H2,1-20H3. The van der Waals surface area contributed by atoms with Gasteiger partial charge in [-0.1, -0.05) is 308 Å². The molecule has 0 saturated heterocycles. The van der Waals surface area contributed by atoms with Crippen LogP contribution in [0.25, 0.3) is 11.1 Å². The van der Waals surface area contributed by atoms with Crippen molar-refractivity contribution >= 4 is 67.5 Å². The lowest BCUT2D eigenvalue weighted by Crippen LogP contribution is -2.64. The smallest absolute Gasteiger partial charge is 0.358 e. The number of hydrogen-bond acceptors (Lipinski definition) is 12. The van der Waals surface area contributed by atoms with Crippen molar-refractivity contribution in [3.05, 3.63) is 96.1 Å². The summed E-state index contributed by atoms with van der Waals surface area (Å²) in [6, 6.07) is 25.2. The maximum atomic E-state index is 15.4. The molecule has 802 valence electrons. The molecule has 4 aliphatic rings. The monoisotopic (exact) mass is 2090 g/mol. The third-order valence-corrected chi connectivity index (χ3v) is 59.5. The summed E-state index contributed by atoms with van der Waals surface area (Å²) in [5.41, 5.74) is 1.27. The summed E-state index contributed by atoms with van der Waals surface area (Å²) in [6.45, 7) is 47.8. The SMILES string of the molecule is CCCCCCCCCCC(Oc1ccccc1-c1ccccc1OC(CCCCCCCCCC)[Si](C)(O[Si](C)(C)C)O[Si](C)(CCCCCCCCCCCOc1ccc(OCC2CCC(C3CCC(CCC)CC3)CC2)c(F)c1F)O[Si](C)(C)C)[Si](C)(O[Si](C)(C)C)O[Si](C)(CCCCCCCCCCCOc1ccc(OCC2CCC(C3CCC(CCC)CC3)CC2)c(F)c1F)O[Si](C)(C)C. The molecule has 0 radical (unpaired) electrons. The van der Waals surface area contributed by atoms with Gasteiger partial charge in [0.2, 0.25) is 23.3 Å². The van der Waals surface area contributed by atoms with E-state index in [-0.39, 0.29) is 34.5 Å². The lowest BCUT2D eigenvalue weighted by molar-refractivity contribution is 0.120. The minimum Gasteiger partial charge on any atom is -0.490 e. The first-order valence-corrected chi connectivity index (χ1v) is 81.5. The molecule has 140 heavy (non-hydrogen) atoms. The number of para-hydroxylation sites is 2. The average molecular weight is 2090 g/mol. The molecule has 12 nitrogen and oxygen atoms in total. The van der Waals surface area contributed by atoms with Gasteiger partial charge in [0, 0.05) is 11.1 Å². The third-order valence-electron chi connectivity index (χ3n) is 30.6. The van der Waals surface area contributed by atoms with E-state index in [1.165, 1.54) is 180 Å². The van der Waals surface area contributed by atoms with Crippen LogP contribution in [-0.4, -0.2) is 105 Å². The second kappa shape index (κ2) is 63.8. The van der Waals surface area contributed by atoms with E-state index in [2.05, 4.69) is 181 Å². The Morgan fingerprint density at radius 1 is 0.250 bits per heavy atom. The van der Waals surface area contributed by atoms with Crippen LogP contribution in [0.5, 0.6) is 34.5 Å². The molecule has 4 aromatic carbocycles. The molecule has 4 fully saturated rings. The van der Waals surface area contributed by atoms with Gasteiger partial charge in [-0.15, -0.1) is 0 Å². The van der Waals surface area contributed by atoms with Gasteiger partial charge in [0.05, 0.1) is 26.4 Å². The Bertz CT molecular complexity index is 3740. The van der Waals surface area contributed by atoms with Crippen LogP contribution in [0, 0.1) is 70.6 Å². The number of halogens is 4. The highest BCUT2D eigenvalue weighted by atomic mass is 28.5.